The zero-order chi connectivity index (χ0) is 46.0. The van der Waals surface area contributed by atoms with Gasteiger partial charge in [-0.2, -0.15) is 0 Å². The summed E-state index contributed by atoms with van der Waals surface area (Å²) >= 11 is 0. The summed E-state index contributed by atoms with van der Waals surface area (Å²) < 4.78 is 2.41. The summed E-state index contributed by atoms with van der Waals surface area (Å²) in [5.41, 5.74) is 24.0. The van der Waals surface area contributed by atoms with Gasteiger partial charge < -0.3 is 9.47 Å². The number of para-hydroxylation sites is 2. The van der Waals surface area contributed by atoms with E-state index < -0.39 is 10.8 Å². The molecule has 0 unspecified atom stereocenters. The minimum absolute atomic E-state index is 0.432. The van der Waals surface area contributed by atoms with E-state index in [2.05, 4.69) is 276 Å². The molecule has 1 aromatic heterocycles. The molecule has 0 N–H and O–H groups in total. The molecule has 0 radical (unpaired) electrons. The molecule has 0 atom stereocenters. The smallest absolute Gasteiger partial charge is 0.0725 e. The SMILES string of the molecule is c1ccc(-n2c3ccccc3c3cc(N(c4ccc5c(c4)-c4ccccc4C54c5ccccc5-c5ccccc54)c4cccc5c4-c4ccccc4C5(c4ccccc4)c4ccccc4)ccc32)cc1. The van der Waals surface area contributed by atoms with Gasteiger partial charge in [-0.15, -0.1) is 0 Å². The summed E-state index contributed by atoms with van der Waals surface area (Å²) in [6, 6.07) is 99.8. The first-order valence-corrected chi connectivity index (χ1v) is 24.4. The fraction of sp³-hybridized carbons (Fsp3) is 0.0294. The Morgan fingerprint density at radius 3 is 1.39 bits per heavy atom. The highest BCUT2D eigenvalue weighted by Gasteiger charge is 2.52. The first kappa shape index (κ1) is 39.1. The van der Waals surface area contributed by atoms with Crippen LogP contribution in [0.4, 0.5) is 17.1 Å². The van der Waals surface area contributed by atoms with Gasteiger partial charge in [-0.3, -0.25) is 0 Å². The van der Waals surface area contributed by atoms with Gasteiger partial charge in [0.15, 0.2) is 0 Å². The van der Waals surface area contributed by atoms with Crippen LogP contribution in [-0.2, 0) is 10.8 Å². The van der Waals surface area contributed by atoms with Crippen LogP contribution in [0.3, 0.4) is 0 Å². The van der Waals surface area contributed by atoms with Crippen LogP contribution in [-0.4, -0.2) is 4.57 Å². The first-order chi connectivity index (χ1) is 34.8. The van der Waals surface area contributed by atoms with Crippen LogP contribution in [0.25, 0.3) is 60.9 Å². The van der Waals surface area contributed by atoms with E-state index in [1.807, 2.05) is 0 Å². The quantitative estimate of drug-likeness (QED) is 0.161. The van der Waals surface area contributed by atoms with Crippen molar-refractivity contribution in [2.24, 2.45) is 0 Å². The van der Waals surface area contributed by atoms with Crippen molar-refractivity contribution >= 4 is 38.9 Å². The molecule has 15 rings (SSSR count). The third-order valence-electron chi connectivity index (χ3n) is 15.9. The molecule has 0 bridgehead atoms. The lowest BCUT2D eigenvalue weighted by Gasteiger charge is -2.34. The molecule has 3 aliphatic carbocycles. The van der Waals surface area contributed by atoms with Crippen LogP contribution in [0.5, 0.6) is 0 Å². The monoisotopic (exact) mass is 888 g/mol. The van der Waals surface area contributed by atoms with E-state index in [1.54, 1.807) is 0 Å². The molecule has 12 aromatic rings. The fourth-order valence-electron chi connectivity index (χ4n) is 13.3. The summed E-state index contributed by atoms with van der Waals surface area (Å²) in [4.78, 5) is 2.56. The average molecular weight is 889 g/mol. The van der Waals surface area contributed by atoms with Crippen LogP contribution in [0, 0.1) is 0 Å². The van der Waals surface area contributed by atoms with E-state index in [4.69, 9.17) is 0 Å². The Morgan fingerprint density at radius 2 is 0.743 bits per heavy atom. The maximum Gasteiger partial charge on any atom is 0.0725 e. The van der Waals surface area contributed by atoms with E-state index in [9.17, 15) is 0 Å². The summed E-state index contributed by atoms with van der Waals surface area (Å²) in [6.07, 6.45) is 0. The molecule has 0 saturated heterocycles. The molecule has 0 saturated carbocycles. The summed E-state index contributed by atoms with van der Waals surface area (Å²) in [6.45, 7) is 0. The van der Waals surface area contributed by atoms with Gasteiger partial charge in [0, 0.05) is 33.4 Å². The predicted octanol–water partition coefficient (Wildman–Crippen LogP) is 17.0. The topological polar surface area (TPSA) is 8.17 Å². The van der Waals surface area contributed by atoms with Crippen molar-refractivity contribution in [1.29, 1.82) is 0 Å². The lowest BCUT2D eigenvalue weighted by Crippen LogP contribution is -2.28. The van der Waals surface area contributed by atoms with Crippen molar-refractivity contribution in [3.63, 3.8) is 0 Å². The maximum absolute atomic E-state index is 2.56. The largest absolute Gasteiger partial charge is 0.310 e. The summed E-state index contributed by atoms with van der Waals surface area (Å²) in [7, 11) is 0. The van der Waals surface area contributed by atoms with Crippen molar-refractivity contribution in [2.75, 3.05) is 4.90 Å². The van der Waals surface area contributed by atoms with E-state index >= 15 is 0 Å². The molecule has 1 spiro atoms. The molecule has 70 heavy (non-hydrogen) atoms. The molecule has 326 valence electrons. The number of hydrogen-bond donors (Lipinski definition) is 0. The Balaban J connectivity index is 1.03. The minimum atomic E-state index is -0.546. The molecular weight excluding hydrogens is 845 g/mol. The number of nitrogens with zero attached hydrogens (tertiary/aromatic N) is 2. The summed E-state index contributed by atoms with van der Waals surface area (Å²) in [5.74, 6) is 0. The Labute approximate surface area is 407 Å². The van der Waals surface area contributed by atoms with Crippen molar-refractivity contribution in [3.8, 4) is 39.1 Å². The molecule has 3 aliphatic rings. The third kappa shape index (κ3) is 5.07. The molecule has 0 amide bonds. The zero-order valence-electron chi connectivity index (χ0n) is 38.3. The van der Waals surface area contributed by atoms with Gasteiger partial charge in [-0.25, -0.2) is 0 Å². The second-order valence-electron chi connectivity index (χ2n) is 19.1. The van der Waals surface area contributed by atoms with Gasteiger partial charge >= 0.3 is 0 Å². The maximum atomic E-state index is 2.56. The van der Waals surface area contributed by atoms with E-state index in [0.717, 1.165) is 22.7 Å². The molecule has 0 aliphatic heterocycles. The van der Waals surface area contributed by atoms with E-state index in [0.29, 0.717) is 0 Å². The molecular formula is C68H44N2. The number of hydrogen-bond acceptors (Lipinski definition) is 1. The second kappa shape index (κ2) is 14.8. The highest BCUT2D eigenvalue weighted by molar-refractivity contribution is 6.11. The van der Waals surface area contributed by atoms with Crippen molar-refractivity contribution in [3.05, 3.63) is 311 Å². The van der Waals surface area contributed by atoms with Crippen molar-refractivity contribution in [1.82, 2.24) is 4.57 Å². The molecule has 11 aromatic carbocycles. The third-order valence-corrected chi connectivity index (χ3v) is 15.9. The summed E-state index contributed by atoms with van der Waals surface area (Å²) in [5, 5.41) is 2.44. The molecule has 2 heteroatoms. The predicted molar refractivity (Wildman–Crippen MR) is 289 cm³/mol. The van der Waals surface area contributed by atoms with Crippen LogP contribution < -0.4 is 4.90 Å². The molecule has 2 nitrogen and oxygen atoms in total. The van der Waals surface area contributed by atoms with Crippen molar-refractivity contribution < 1.29 is 0 Å². The van der Waals surface area contributed by atoms with Crippen molar-refractivity contribution in [2.45, 2.75) is 10.8 Å². The number of aromatic nitrogens is 1. The van der Waals surface area contributed by atoms with Crippen LogP contribution >= 0.6 is 0 Å². The normalized spacial score (nSPS) is 13.9. The number of fused-ring (bicyclic) bond motifs is 16. The fourth-order valence-corrected chi connectivity index (χ4v) is 13.3. The Kier molecular flexibility index (Phi) is 8.24. The Morgan fingerprint density at radius 1 is 0.286 bits per heavy atom. The highest BCUT2D eigenvalue weighted by atomic mass is 15.1. The number of benzene rings is 11. The van der Waals surface area contributed by atoms with Gasteiger partial charge in [0.05, 0.1) is 27.6 Å². The lowest BCUT2D eigenvalue weighted by atomic mass is 9.68. The Bertz CT molecular complexity index is 3980. The van der Waals surface area contributed by atoms with Gasteiger partial charge in [-0.1, -0.05) is 212 Å². The molecule has 1 heterocycles. The average Bonchev–Trinajstić information content (AvgIpc) is 4.13. The first-order valence-electron chi connectivity index (χ1n) is 24.4. The lowest BCUT2D eigenvalue weighted by molar-refractivity contribution is 0.768. The van der Waals surface area contributed by atoms with Gasteiger partial charge in [0.25, 0.3) is 0 Å². The van der Waals surface area contributed by atoms with Gasteiger partial charge in [-0.05, 0) is 127 Å². The van der Waals surface area contributed by atoms with Crippen LogP contribution in [0.1, 0.15) is 44.5 Å². The minimum Gasteiger partial charge on any atom is -0.310 e. The molecule has 0 fully saturated rings. The Hall–Kier alpha value is -8.98. The second-order valence-corrected chi connectivity index (χ2v) is 19.1. The highest BCUT2D eigenvalue weighted by Crippen LogP contribution is 2.64. The van der Waals surface area contributed by atoms with Crippen LogP contribution in [0.2, 0.25) is 0 Å². The number of anilines is 3. The van der Waals surface area contributed by atoms with E-state index in [1.165, 1.54) is 99.7 Å². The van der Waals surface area contributed by atoms with E-state index in [-0.39, 0.29) is 0 Å². The number of rotatable bonds is 6. The standard InChI is InChI=1S/C68H44N2/c1-4-21-45(22-5-1)67(46-23-6-2-7-24-46)60-35-18-13-31-54(60)66-62(67)36-20-38-65(66)69(49-40-42-64-56(44-49)53-30-14-19-37-63(53)70(64)47-25-8-3-9-26-47)48-39-41-61-55(43-48)52-29-12-17-34-59(52)68(61)57-32-15-10-27-50(57)51-28-11-16-33-58(51)68/h1-44H. The van der Waals surface area contributed by atoms with Crippen LogP contribution in [0.15, 0.2) is 267 Å². The zero-order valence-corrected chi connectivity index (χ0v) is 38.3. The van der Waals surface area contributed by atoms with Gasteiger partial charge in [0.1, 0.15) is 0 Å². The van der Waals surface area contributed by atoms with Gasteiger partial charge in [0.2, 0.25) is 0 Å².